The Bertz CT molecular complexity index is 1110. The molecule has 0 aliphatic carbocycles. The average Bonchev–Trinajstić information content (AvgIpc) is 2.84. The molecule has 0 saturated heterocycles. The minimum absolute atomic E-state index is 0.423. The molecule has 0 unspecified atom stereocenters. The van der Waals surface area contributed by atoms with E-state index in [4.69, 9.17) is 4.74 Å². The van der Waals surface area contributed by atoms with Crippen molar-refractivity contribution in [2.75, 3.05) is 0 Å². The molecule has 3 nitrogen and oxygen atoms in total. The van der Waals surface area contributed by atoms with Gasteiger partial charge in [0.25, 0.3) is 0 Å². The Labute approximate surface area is 206 Å². The molecule has 7 heteroatoms. The van der Waals surface area contributed by atoms with Crippen LogP contribution in [0, 0.1) is 0 Å². The van der Waals surface area contributed by atoms with Gasteiger partial charge >= 0.3 is 13.8 Å². The van der Waals surface area contributed by atoms with Crippen LogP contribution in [0.3, 0.4) is 0 Å². The summed E-state index contributed by atoms with van der Waals surface area (Å²) in [6.07, 6.45) is 0. The van der Waals surface area contributed by atoms with Crippen molar-refractivity contribution >= 4 is 60.9 Å². The minimum Gasteiger partial charge on any atom is -0.443 e. The minimum atomic E-state index is -0.700. The van der Waals surface area contributed by atoms with Gasteiger partial charge in [0, 0.05) is 9.79 Å². The Hall–Kier alpha value is -2.41. The summed E-state index contributed by atoms with van der Waals surface area (Å²) in [6, 6.07) is 30.6. The third-order valence-corrected chi connectivity index (χ3v) is 6.08. The number of ether oxygens (including phenoxy) is 1. The zero-order valence-corrected chi connectivity index (χ0v) is 19.8. The summed E-state index contributed by atoms with van der Waals surface area (Å²) in [4.78, 5) is 1.72. The van der Waals surface area contributed by atoms with Gasteiger partial charge in [-0.3, -0.25) is 0 Å². The highest BCUT2D eigenvalue weighted by molar-refractivity contribution is 7.80. The first kappa shape index (κ1) is 23.7. The van der Waals surface area contributed by atoms with Crippen LogP contribution in [0.2, 0.25) is 0 Å². The lowest BCUT2D eigenvalue weighted by Gasteiger charge is -2.12. The largest absolute Gasteiger partial charge is 0.443 e. The highest BCUT2D eigenvalue weighted by Gasteiger charge is 2.18. The van der Waals surface area contributed by atoms with Crippen molar-refractivity contribution < 1.29 is 14.8 Å². The molecule has 4 rings (SSSR count). The van der Waals surface area contributed by atoms with Crippen molar-refractivity contribution in [3.05, 3.63) is 108 Å². The lowest BCUT2D eigenvalue weighted by atomic mass is 9.56. The number of benzene rings is 4. The molecule has 0 bridgehead atoms. The topological polar surface area (TPSA) is 49.7 Å². The van der Waals surface area contributed by atoms with Crippen LogP contribution in [0.1, 0.15) is 11.1 Å². The molecule has 0 atom stereocenters. The van der Waals surface area contributed by atoms with Crippen LogP contribution in [0.15, 0.2) is 107 Å². The predicted molar refractivity (Wildman–Crippen MR) is 143 cm³/mol. The second-order valence-corrected chi connectivity index (χ2v) is 9.00. The van der Waals surface area contributed by atoms with E-state index in [1.807, 2.05) is 97.1 Å². The molecule has 0 saturated carbocycles. The Kier molecular flexibility index (Phi) is 8.02. The van der Waals surface area contributed by atoms with Crippen molar-refractivity contribution in [1.82, 2.24) is 0 Å². The van der Waals surface area contributed by atoms with E-state index in [1.165, 1.54) is 0 Å². The van der Waals surface area contributed by atoms with Crippen LogP contribution < -0.4 is 21.9 Å². The van der Waals surface area contributed by atoms with Crippen LogP contribution in [-0.4, -0.2) is 23.9 Å². The van der Waals surface area contributed by atoms with Crippen LogP contribution >= 0.6 is 25.3 Å². The van der Waals surface area contributed by atoms with Crippen molar-refractivity contribution in [3.63, 3.8) is 0 Å². The molecule has 0 amide bonds. The Morgan fingerprint density at radius 2 is 0.939 bits per heavy atom. The third kappa shape index (κ3) is 6.34. The van der Waals surface area contributed by atoms with E-state index in [2.05, 4.69) is 25.3 Å². The highest BCUT2D eigenvalue weighted by atomic mass is 32.1. The van der Waals surface area contributed by atoms with E-state index in [0.717, 1.165) is 42.8 Å². The van der Waals surface area contributed by atoms with E-state index in [9.17, 15) is 10.0 Å². The second-order valence-electron chi connectivity index (χ2n) is 7.97. The van der Waals surface area contributed by atoms with E-state index < -0.39 is 13.8 Å². The van der Waals surface area contributed by atoms with Crippen molar-refractivity contribution in [1.29, 1.82) is 0 Å². The van der Waals surface area contributed by atoms with Gasteiger partial charge in [-0.05, 0) is 57.2 Å². The van der Waals surface area contributed by atoms with Gasteiger partial charge in [-0.1, -0.05) is 72.8 Å². The summed E-state index contributed by atoms with van der Waals surface area (Å²) in [7, 11) is 0. The molecule has 33 heavy (non-hydrogen) atoms. The average molecular weight is 470 g/mol. The first-order valence-electron chi connectivity index (χ1n) is 10.7. The fourth-order valence-corrected chi connectivity index (χ4v) is 3.99. The molecular weight excluding hydrogens is 446 g/mol. The molecule has 0 heterocycles. The van der Waals surface area contributed by atoms with Gasteiger partial charge in [-0.15, -0.1) is 25.3 Å². The molecule has 0 aliphatic rings. The predicted octanol–water partition coefficient (Wildman–Crippen LogP) is 2.18. The maximum Gasteiger partial charge on any atom is 0.358 e. The summed E-state index contributed by atoms with van der Waals surface area (Å²) in [5, 5.41) is 21.4. The quantitative estimate of drug-likeness (QED) is 0.236. The number of rotatable bonds is 8. The first-order chi connectivity index (χ1) is 16.0. The van der Waals surface area contributed by atoms with Crippen LogP contribution in [0.25, 0.3) is 0 Å². The van der Waals surface area contributed by atoms with Gasteiger partial charge < -0.3 is 14.8 Å². The molecule has 0 aromatic heterocycles. The highest BCUT2D eigenvalue weighted by Crippen LogP contribution is 2.07. The number of hydrogen-bond acceptors (Lipinski definition) is 5. The maximum absolute atomic E-state index is 10.7. The summed E-state index contributed by atoms with van der Waals surface area (Å²) in [5.74, 6) is 0. The van der Waals surface area contributed by atoms with Gasteiger partial charge in [-0.2, -0.15) is 0 Å². The second kappa shape index (κ2) is 11.1. The summed E-state index contributed by atoms with van der Waals surface area (Å²) < 4.78 is 5.93. The molecule has 0 radical (unpaired) electrons. The van der Waals surface area contributed by atoms with Gasteiger partial charge in [0.2, 0.25) is 0 Å². The Balaban J connectivity index is 1.38. The molecule has 0 fully saturated rings. The fourth-order valence-electron chi connectivity index (χ4n) is 3.69. The van der Waals surface area contributed by atoms with Crippen LogP contribution in [-0.2, 0) is 18.0 Å². The maximum atomic E-state index is 10.7. The summed E-state index contributed by atoms with van der Waals surface area (Å²) in [6.45, 7) is -0.555. The molecule has 0 spiro atoms. The van der Waals surface area contributed by atoms with Crippen molar-refractivity contribution in [3.8, 4) is 0 Å². The van der Waals surface area contributed by atoms with Gasteiger partial charge in [0.05, 0.1) is 13.2 Å². The standard InChI is InChI=1S/C26H24B2O3S2/c29-27(21-7-11-25(32)12-8-21)23-5-1-3-19(15-23)17-31-18-20-4-2-6-24(16-20)28(30)22-9-13-26(33)14-10-22/h1-16,29-30,32-33H,17-18H2. The van der Waals surface area contributed by atoms with Crippen LogP contribution in [0.5, 0.6) is 0 Å². The third-order valence-electron chi connectivity index (χ3n) is 5.49. The van der Waals surface area contributed by atoms with Gasteiger partial charge in [-0.25, -0.2) is 0 Å². The van der Waals surface area contributed by atoms with E-state index in [0.29, 0.717) is 13.2 Å². The van der Waals surface area contributed by atoms with Gasteiger partial charge in [0.15, 0.2) is 0 Å². The SMILES string of the molecule is OB(c1ccc(S)cc1)c1cccc(COCc2cccc(B(O)c3ccc(S)cc3)c2)c1. The zero-order chi connectivity index (χ0) is 23.2. The van der Waals surface area contributed by atoms with Crippen molar-refractivity contribution in [2.24, 2.45) is 0 Å². The molecule has 164 valence electrons. The lowest BCUT2D eigenvalue weighted by Crippen LogP contribution is -2.42. The molecule has 2 N–H and O–H groups in total. The monoisotopic (exact) mass is 470 g/mol. The summed E-state index contributed by atoms with van der Waals surface area (Å²) in [5.41, 5.74) is 5.26. The smallest absolute Gasteiger partial charge is 0.358 e. The first-order valence-corrected chi connectivity index (χ1v) is 11.6. The van der Waals surface area contributed by atoms with Crippen LogP contribution in [0.4, 0.5) is 0 Å². The van der Waals surface area contributed by atoms with E-state index in [-0.39, 0.29) is 0 Å². The molecular formula is C26H24B2O3S2. The number of hydrogen-bond donors (Lipinski definition) is 4. The van der Waals surface area contributed by atoms with Gasteiger partial charge in [0.1, 0.15) is 0 Å². The lowest BCUT2D eigenvalue weighted by molar-refractivity contribution is 0.107. The molecule has 4 aromatic carbocycles. The normalized spacial score (nSPS) is 10.8. The Morgan fingerprint density at radius 1 is 0.545 bits per heavy atom. The van der Waals surface area contributed by atoms with Crippen molar-refractivity contribution in [2.45, 2.75) is 23.0 Å². The zero-order valence-electron chi connectivity index (χ0n) is 18.0. The molecule has 4 aromatic rings. The summed E-state index contributed by atoms with van der Waals surface area (Å²) >= 11 is 8.59. The Morgan fingerprint density at radius 3 is 1.33 bits per heavy atom. The number of thiol groups is 2. The van der Waals surface area contributed by atoms with E-state index >= 15 is 0 Å². The fraction of sp³-hybridized carbons (Fsp3) is 0.0769. The molecule has 0 aliphatic heterocycles. The van der Waals surface area contributed by atoms with E-state index in [1.54, 1.807) is 0 Å².